The van der Waals surface area contributed by atoms with Crippen molar-refractivity contribution in [1.82, 2.24) is 0 Å². The molecule has 3 rings (SSSR count). The van der Waals surface area contributed by atoms with Crippen molar-refractivity contribution in [2.75, 3.05) is 45.2 Å². The Hall–Kier alpha value is -2.37. The Balaban J connectivity index is 1.35. The lowest BCUT2D eigenvalue weighted by atomic mass is 10.2. The van der Waals surface area contributed by atoms with E-state index in [2.05, 4.69) is 35.6 Å². The van der Waals surface area contributed by atoms with E-state index in [1.54, 1.807) is 12.0 Å². The summed E-state index contributed by atoms with van der Waals surface area (Å²) in [7, 11) is 1.64. The lowest BCUT2D eigenvalue weighted by Crippen LogP contribution is -3.27. The van der Waals surface area contributed by atoms with E-state index in [1.807, 2.05) is 24.3 Å². The smallest absolute Gasteiger partial charge is 0.230 e. The van der Waals surface area contributed by atoms with E-state index in [4.69, 9.17) is 4.74 Å². The van der Waals surface area contributed by atoms with Crippen LogP contribution in [0.25, 0.3) is 0 Å². The third kappa shape index (κ3) is 5.58. The molecule has 2 aromatic carbocycles. The van der Waals surface area contributed by atoms with E-state index < -0.39 is 0 Å². The summed E-state index contributed by atoms with van der Waals surface area (Å²) in [5.74, 6) is 0.880. The highest BCUT2D eigenvalue weighted by Crippen LogP contribution is 2.14. The fraction of sp³-hybridized carbons (Fsp3) is 0.381. The normalized spacial score (nSPS) is 19.7. The molecule has 0 radical (unpaired) electrons. The van der Waals surface area contributed by atoms with Crippen molar-refractivity contribution in [1.29, 1.82) is 0 Å². The second kappa shape index (κ2) is 9.36. The summed E-state index contributed by atoms with van der Waals surface area (Å²) in [6.45, 7) is 6.62. The molecule has 0 atom stereocenters. The standard InChI is InChI=1S/C21H27N3O2/c1-26-20-9-7-19(8-10-20)22-21(25)11-12-23-13-15-24(16-14-23)17-18-5-3-2-4-6-18/h2-10H,11-17H2,1H3,(H,22,25)/p+2. The highest BCUT2D eigenvalue weighted by atomic mass is 16.5. The Morgan fingerprint density at radius 3 is 2.27 bits per heavy atom. The first-order chi connectivity index (χ1) is 12.7. The zero-order valence-corrected chi connectivity index (χ0v) is 15.5. The molecular weight excluding hydrogens is 326 g/mol. The Kier molecular flexibility index (Phi) is 6.63. The van der Waals surface area contributed by atoms with Crippen LogP contribution < -0.4 is 19.9 Å². The van der Waals surface area contributed by atoms with Gasteiger partial charge >= 0.3 is 0 Å². The monoisotopic (exact) mass is 355 g/mol. The first-order valence-corrected chi connectivity index (χ1v) is 9.38. The van der Waals surface area contributed by atoms with Crippen molar-refractivity contribution in [2.24, 2.45) is 0 Å². The average Bonchev–Trinajstić information content (AvgIpc) is 2.69. The molecule has 138 valence electrons. The summed E-state index contributed by atoms with van der Waals surface area (Å²) in [5.41, 5.74) is 2.23. The Bertz CT molecular complexity index is 680. The van der Waals surface area contributed by atoms with Gasteiger partial charge in [0.1, 0.15) is 38.5 Å². The summed E-state index contributed by atoms with van der Waals surface area (Å²) in [5, 5.41) is 2.96. The topological polar surface area (TPSA) is 47.2 Å². The Morgan fingerprint density at radius 2 is 1.62 bits per heavy atom. The number of methoxy groups -OCH3 is 1. The predicted octanol–water partition coefficient (Wildman–Crippen LogP) is 0.00740. The molecule has 0 aliphatic carbocycles. The molecule has 5 heteroatoms. The van der Waals surface area contributed by atoms with E-state index in [0.29, 0.717) is 6.42 Å². The maximum absolute atomic E-state index is 12.2. The van der Waals surface area contributed by atoms with Gasteiger partial charge in [-0.1, -0.05) is 30.3 Å². The van der Waals surface area contributed by atoms with E-state index in [9.17, 15) is 4.79 Å². The van der Waals surface area contributed by atoms with Crippen LogP contribution in [0.3, 0.4) is 0 Å². The average molecular weight is 355 g/mol. The Labute approximate surface area is 155 Å². The van der Waals surface area contributed by atoms with Gasteiger partial charge in [-0.05, 0) is 24.3 Å². The van der Waals surface area contributed by atoms with Crippen LogP contribution in [-0.4, -0.2) is 45.7 Å². The van der Waals surface area contributed by atoms with Crippen LogP contribution >= 0.6 is 0 Å². The maximum Gasteiger partial charge on any atom is 0.230 e. The second-order valence-electron chi connectivity index (χ2n) is 6.94. The second-order valence-corrected chi connectivity index (χ2v) is 6.94. The van der Waals surface area contributed by atoms with Crippen LogP contribution in [0.2, 0.25) is 0 Å². The zero-order chi connectivity index (χ0) is 18.2. The van der Waals surface area contributed by atoms with Gasteiger partial charge in [-0.25, -0.2) is 0 Å². The number of rotatable bonds is 7. The number of amides is 1. The first-order valence-electron chi connectivity index (χ1n) is 9.38. The van der Waals surface area contributed by atoms with Gasteiger partial charge in [0.25, 0.3) is 0 Å². The van der Waals surface area contributed by atoms with E-state index in [0.717, 1.165) is 37.6 Å². The van der Waals surface area contributed by atoms with Crippen molar-refractivity contribution in [3.05, 3.63) is 60.2 Å². The maximum atomic E-state index is 12.2. The molecule has 0 saturated carbocycles. The molecule has 1 amide bonds. The number of hydrogen-bond acceptors (Lipinski definition) is 2. The largest absolute Gasteiger partial charge is 0.497 e. The van der Waals surface area contributed by atoms with Gasteiger partial charge in [0.2, 0.25) is 5.91 Å². The van der Waals surface area contributed by atoms with Gasteiger partial charge < -0.3 is 19.9 Å². The van der Waals surface area contributed by atoms with Crippen molar-refractivity contribution >= 4 is 11.6 Å². The minimum absolute atomic E-state index is 0.0849. The highest BCUT2D eigenvalue weighted by Gasteiger charge is 2.23. The molecule has 0 bridgehead atoms. The fourth-order valence-corrected chi connectivity index (χ4v) is 3.46. The fourth-order valence-electron chi connectivity index (χ4n) is 3.46. The van der Waals surface area contributed by atoms with Gasteiger partial charge in [0.05, 0.1) is 20.1 Å². The molecule has 1 saturated heterocycles. The van der Waals surface area contributed by atoms with Crippen LogP contribution in [-0.2, 0) is 11.3 Å². The lowest BCUT2D eigenvalue weighted by molar-refractivity contribution is -1.02. The summed E-state index contributed by atoms with van der Waals surface area (Å²) in [4.78, 5) is 15.3. The quantitative estimate of drug-likeness (QED) is 0.655. The molecule has 1 aliphatic heterocycles. The van der Waals surface area contributed by atoms with E-state index in [-0.39, 0.29) is 5.91 Å². The van der Waals surface area contributed by atoms with Crippen molar-refractivity contribution in [3.8, 4) is 5.75 Å². The predicted molar refractivity (Wildman–Crippen MR) is 103 cm³/mol. The van der Waals surface area contributed by atoms with Gasteiger partial charge in [0.15, 0.2) is 0 Å². The SMILES string of the molecule is COc1ccc(NC(=O)CC[NH+]2CC[NH+](Cc3ccccc3)CC2)cc1. The summed E-state index contributed by atoms with van der Waals surface area (Å²) in [6.07, 6.45) is 0.565. The number of ether oxygens (including phenoxy) is 1. The molecule has 1 heterocycles. The first kappa shape index (κ1) is 18.4. The van der Waals surface area contributed by atoms with Crippen molar-refractivity contribution in [3.63, 3.8) is 0 Å². The number of hydrogen-bond donors (Lipinski definition) is 3. The van der Waals surface area contributed by atoms with Crippen molar-refractivity contribution in [2.45, 2.75) is 13.0 Å². The zero-order valence-electron chi connectivity index (χ0n) is 15.5. The minimum atomic E-state index is 0.0849. The molecule has 0 unspecified atom stereocenters. The number of nitrogens with one attached hydrogen (secondary N) is 3. The van der Waals surface area contributed by atoms with Gasteiger partial charge in [-0.3, -0.25) is 4.79 Å². The molecule has 0 spiro atoms. The molecule has 5 nitrogen and oxygen atoms in total. The van der Waals surface area contributed by atoms with Crippen molar-refractivity contribution < 1.29 is 19.3 Å². The molecule has 1 aliphatic rings. The summed E-state index contributed by atoms with van der Waals surface area (Å²) in [6, 6.07) is 18.1. The van der Waals surface area contributed by atoms with E-state index in [1.165, 1.54) is 23.6 Å². The lowest BCUT2D eigenvalue weighted by Gasteiger charge is -2.29. The molecule has 0 aromatic heterocycles. The van der Waals surface area contributed by atoms with Crippen LogP contribution in [0.5, 0.6) is 5.75 Å². The number of piperazine rings is 1. The highest BCUT2D eigenvalue weighted by molar-refractivity contribution is 5.90. The molecule has 1 fully saturated rings. The van der Waals surface area contributed by atoms with Gasteiger partial charge in [-0.2, -0.15) is 0 Å². The number of carbonyl (C=O) groups is 1. The van der Waals surface area contributed by atoms with Crippen LogP contribution in [0, 0.1) is 0 Å². The third-order valence-electron chi connectivity index (χ3n) is 5.04. The third-order valence-corrected chi connectivity index (χ3v) is 5.04. The molecule has 2 aromatic rings. The number of quaternary nitrogens is 2. The van der Waals surface area contributed by atoms with Crippen LogP contribution in [0.4, 0.5) is 5.69 Å². The van der Waals surface area contributed by atoms with Gasteiger partial charge in [0, 0.05) is 11.3 Å². The van der Waals surface area contributed by atoms with Crippen LogP contribution in [0.1, 0.15) is 12.0 Å². The number of carbonyl (C=O) groups excluding carboxylic acids is 1. The minimum Gasteiger partial charge on any atom is -0.497 e. The Morgan fingerprint density at radius 1 is 0.962 bits per heavy atom. The summed E-state index contributed by atoms with van der Waals surface area (Å²) < 4.78 is 5.13. The molecular formula is C21H29N3O2+2. The van der Waals surface area contributed by atoms with Gasteiger partial charge in [-0.15, -0.1) is 0 Å². The molecule has 3 N–H and O–H groups in total. The number of anilines is 1. The number of benzene rings is 2. The summed E-state index contributed by atoms with van der Waals surface area (Å²) >= 11 is 0. The van der Waals surface area contributed by atoms with E-state index >= 15 is 0 Å². The van der Waals surface area contributed by atoms with Crippen LogP contribution in [0.15, 0.2) is 54.6 Å². The molecule has 26 heavy (non-hydrogen) atoms.